The van der Waals surface area contributed by atoms with Crippen LogP contribution in [0.25, 0.3) is 6.08 Å². The smallest absolute Gasteiger partial charge is 0.328 e. The number of hydrogen-bond donors (Lipinski definition) is 1. The zero-order valence-electron chi connectivity index (χ0n) is 9.57. The summed E-state index contributed by atoms with van der Waals surface area (Å²) in [5, 5.41) is 8.56. The van der Waals surface area contributed by atoms with Gasteiger partial charge < -0.3 is 14.6 Å². The Bertz CT molecular complexity index is 440. The van der Waals surface area contributed by atoms with Gasteiger partial charge in [-0.25, -0.2) is 4.79 Å². The summed E-state index contributed by atoms with van der Waals surface area (Å²) in [6, 6.07) is 3.49. The van der Waals surface area contributed by atoms with Crippen LogP contribution >= 0.6 is 15.9 Å². The molecule has 0 aliphatic rings. The van der Waals surface area contributed by atoms with Crippen molar-refractivity contribution in [2.45, 2.75) is 6.92 Å². The van der Waals surface area contributed by atoms with Crippen LogP contribution in [0.2, 0.25) is 0 Å². The molecule has 0 spiro atoms. The number of carbonyl (C=O) groups is 1. The molecule has 1 rings (SSSR count). The largest absolute Gasteiger partial charge is 0.492 e. The molecule has 0 saturated heterocycles. The third-order valence-electron chi connectivity index (χ3n) is 1.95. The Hall–Kier alpha value is -1.49. The normalized spacial score (nSPS) is 10.5. The van der Waals surface area contributed by atoms with Gasteiger partial charge in [0.05, 0.1) is 18.2 Å². The third-order valence-corrected chi connectivity index (χ3v) is 2.54. The van der Waals surface area contributed by atoms with Crippen LogP contribution in [0.3, 0.4) is 0 Å². The molecule has 17 heavy (non-hydrogen) atoms. The molecule has 0 fully saturated rings. The van der Waals surface area contributed by atoms with Gasteiger partial charge in [0.15, 0.2) is 11.5 Å². The average molecular weight is 301 g/mol. The van der Waals surface area contributed by atoms with Crippen molar-refractivity contribution in [2.24, 2.45) is 0 Å². The molecule has 0 unspecified atom stereocenters. The van der Waals surface area contributed by atoms with Gasteiger partial charge in [0.2, 0.25) is 0 Å². The lowest BCUT2D eigenvalue weighted by atomic mass is 10.2. The summed E-state index contributed by atoms with van der Waals surface area (Å²) >= 11 is 3.35. The number of carboxylic acids is 1. The van der Waals surface area contributed by atoms with Gasteiger partial charge in [0.25, 0.3) is 0 Å². The number of benzene rings is 1. The molecule has 4 nitrogen and oxygen atoms in total. The van der Waals surface area contributed by atoms with E-state index in [1.165, 1.54) is 6.08 Å². The van der Waals surface area contributed by atoms with Gasteiger partial charge in [-0.2, -0.15) is 0 Å². The summed E-state index contributed by atoms with van der Waals surface area (Å²) in [4.78, 5) is 10.4. The van der Waals surface area contributed by atoms with Crippen LogP contribution in [0.15, 0.2) is 22.7 Å². The van der Waals surface area contributed by atoms with Crippen LogP contribution in [0.4, 0.5) is 0 Å². The molecule has 0 radical (unpaired) electrons. The van der Waals surface area contributed by atoms with Gasteiger partial charge in [-0.1, -0.05) is 0 Å². The Morgan fingerprint density at radius 1 is 1.53 bits per heavy atom. The lowest BCUT2D eigenvalue weighted by Crippen LogP contribution is -1.96. The molecular formula is C12H13BrO4. The van der Waals surface area contributed by atoms with Gasteiger partial charge in [-0.15, -0.1) is 0 Å². The van der Waals surface area contributed by atoms with Crippen molar-refractivity contribution in [1.29, 1.82) is 0 Å². The van der Waals surface area contributed by atoms with Gasteiger partial charge in [-0.05, 0) is 46.6 Å². The Kier molecular flexibility index (Phi) is 5.03. The van der Waals surface area contributed by atoms with Gasteiger partial charge in [0.1, 0.15) is 0 Å². The van der Waals surface area contributed by atoms with Crippen LogP contribution in [0, 0.1) is 0 Å². The van der Waals surface area contributed by atoms with Crippen molar-refractivity contribution < 1.29 is 19.4 Å². The number of hydrogen-bond acceptors (Lipinski definition) is 3. The summed E-state index contributed by atoms with van der Waals surface area (Å²) in [6.45, 7) is 2.38. The second-order valence-electron chi connectivity index (χ2n) is 3.14. The fourth-order valence-electron chi connectivity index (χ4n) is 1.31. The Labute approximate surface area is 108 Å². The molecule has 1 aromatic carbocycles. The molecule has 1 aromatic rings. The topological polar surface area (TPSA) is 55.8 Å². The van der Waals surface area contributed by atoms with Crippen LogP contribution in [0.1, 0.15) is 12.5 Å². The predicted molar refractivity (Wildman–Crippen MR) is 68.5 cm³/mol. The highest BCUT2D eigenvalue weighted by Gasteiger charge is 2.09. The first-order chi connectivity index (χ1) is 8.08. The quantitative estimate of drug-likeness (QED) is 0.850. The molecule has 5 heteroatoms. The fourth-order valence-corrected chi connectivity index (χ4v) is 1.93. The number of ether oxygens (including phenoxy) is 2. The van der Waals surface area contributed by atoms with E-state index in [1.54, 1.807) is 19.2 Å². The van der Waals surface area contributed by atoms with E-state index in [4.69, 9.17) is 14.6 Å². The molecule has 1 N–H and O–H groups in total. The molecule has 0 bridgehead atoms. The number of rotatable bonds is 5. The lowest BCUT2D eigenvalue weighted by molar-refractivity contribution is -0.131. The number of halogens is 1. The van der Waals surface area contributed by atoms with E-state index < -0.39 is 5.97 Å². The first-order valence-corrected chi connectivity index (χ1v) is 5.79. The maximum Gasteiger partial charge on any atom is 0.328 e. The minimum Gasteiger partial charge on any atom is -0.492 e. The summed E-state index contributed by atoms with van der Waals surface area (Å²) < 4.78 is 11.3. The molecule has 0 saturated carbocycles. The van der Waals surface area contributed by atoms with Crippen molar-refractivity contribution >= 4 is 28.0 Å². The van der Waals surface area contributed by atoms with Crippen LogP contribution in [0.5, 0.6) is 11.5 Å². The molecule has 92 valence electrons. The van der Waals surface area contributed by atoms with Gasteiger partial charge in [-0.3, -0.25) is 0 Å². The highest BCUT2D eigenvalue weighted by atomic mass is 79.9. The van der Waals surface area contributed by atoms with Crippen molar-refractivity contribution in [3.63, 3.8) is 0 Å². The van der Waals surface area contributed by atoms with Crippen LogP contribution in [-0.2, 0) is 4.79 Å². The summed E-state index contributed by atoms with van der Waals surface area (Å²) in [6.07, 6.45) is 2.57. The summed E-state index contributed by atoms with van der Waals surface area (Å²) in [5.74, 6) is 0.184. The molecule has 0 aromatic heterocycles. The Morgan fingerprint density at radius 2 is 2.24 bits per heavy atom. The second-order valence-corrected chi connectivity index (χ2v) is 3.99. The standard InChI is InChI=1S/C12H13BrO4/c1-3-17-10-7-8(4-5-11(14)15)6-9(13)12(10)16-2/h4-7H,3H2,1-2H3,(H,14,15)/b5-4+. The highest BCUT2D eigenvalue weighted by Crippen LogP contribution is 2.36. The van der Waals surface area contributed by atoms with Gasteiger partial charge >= 0.3 is 5.97 Å². The van der Waals surface area contributed by atoms with Crippen molar-refractivity contribution in [2.75, 3.05) is 13.7 Å². The predicted octanol–water partition coefficient (Wildman–Crippen LogP) is 2.95. The summed E-state index contributed by atoms with van der Waals surface area (Å²) in [5.41, 5.74) is 0.725. The number of aliphatic carboxylic acids is 1. The maximum atomic E-state index is 10.4. The van der Waals surface area contributed by atoms with Crippen molar-refractivity contribution in [1.82, 2.24) is 0 Å². The third kappa shape index (κ3) is 3.78. The van der Waals surface area contributed by atoms with Crippen LogP contribution < -0.4 is 9.47 Å². The molecule has 0 amide bonds. The monoisotopic (exact) mass is 300 g/mol. The number of carboxylic acid groups (broad SMARTS) is 1. The Balaban J connectivity index is 3.14. The average Bonchev–Trinajstić information content (AvgIpc) is 2.26. The van der Waals surface area contributed by atoms with Crippen LogP contribution in [-0.4, -0.2) is 24.8 Å². The van der Waals surface area contributed by atoms with Crippen molar-refractivity contribution in [3.05, 3.63) is 28.2 Å². The fraction of sp³-hybridized carbons (Fsp3) is 0.250. The molecule has 0 aliphatic carbocycles. The Morgan fingerprint density at radius 3 is 2.76 bits per heavy atom. The molecule has 0 atom stereocenters. The SMILES string of the molecule is CCOc1cc(/C=C/C(=O)O)cc(Br)c1OC. The lowest BCUT2D eigenvalue weighted by Gasteiger charge is -2.11. The van der Waals surface area contributed by atoms with Crippen molar-refractivity contribution in [3.8, 4) is 11.5 Å². The maximum absolute atomic E-state index is 10.4. The molecular weight excluding hydrogens is 288 g/mol. The minimum absolute atomic E-state index is 0.509. The zero-order chi connectivity index (χ0) is 12.8. The number of methoxy groups -OCH3 is 1. The van der Waals surface area contributed by atoms with E-state index in [-0.39, 0.29) is 0 Å². The van der Waals surface area contributed by atoms with E-state index in [9.17, 15) is 4.79 Å². The van der Waals surface area contributed by atoms with Gasteiger partial charge in [0, 0.05) is 6.08 Å². The van der Waals surface area contributed by atoms with E-state index in [1.807, 2.05) is 6.92 Å². The molecule has 0 aliphatic heterocycles. The first-order valence-electron chi connectivity index (χ1n) is 4.99. The van der Waals surface area contributed by atoms with E-state index in [0.29, 0.717) is 18.1 Å². The van der Waals surface area contributed by atoms with E-state index in [0.717, 1.165) is 16.1 Å². The first kappa shape index (κ1) is 13.6. The molecule has 0 heterocycles. The minimum atomic E-state index is -0.991. The van der Waals surface area contributed by atoms with E-state index in [2.05, 4.69) is 15.9 Å². The summed E-state index contributed by atoms with van der Waals surface area (Å²) in [7, 11) is 1.55. The van der Waals surface area contributed by atoms with E-state index >= 15 is 0 Å². The zero-order valence-corrected chi connectivity index (χ0v) is 11.2. The second kappa shape index (κ2) is 6.30. The highest BCUT2D eigenvalue weighted by molar-refractivity contribution is 9.10.